The van der Waals surface area contributed by atoms with E-state index in [4.69, 9.17) is 11.6 Å². The molecule has 0 atom stereocenters. The first-order chi connectivity index (χ1) is 6.36. The van der Waals surface area contributed by atoms with Crippen LogP contribution in [0.1, 0.15) is 5.56 Å². The highest BCUT2D eigenvalue weighted by Gasteiger charge is 2.03. The molecule has 2 aromatic rings. The Bertz CT molecular complexity index is 370. The van der Waals surface area contributed by atoms with Crippen molar-refractivity contribution in [3.63, 3.8) is 0 Å². The van der Waals surface area contributed by atoms with Crippen LogP contribution in [0.4, 0.5) is 5.82 Å². The second-order valence-electron chi connectivity index (χ2n) is 2.36. The Morgan fingerprint density at radius 2 is 2.46 bits per heavy atom. The summed E-state index contributed by atoms with van der Waals surface area (Å²) in [4.78, 5) is 0. The number of nitrogens with one attached hydrogen (secondary N) is 2. The van der Waals surface area contributed by atoms with E-state index in [-0.39, 0.29) is 0 Å². The van der Waals surface area contributed by atoms with Crippen LogP contribution in [0.3, 0.4) is 0 Å². The number of halogens is 1. The summed E-state index contributed by atoms with van der Waals surface area (Å²) in [6.45, 7) is 0.641. The van der Waals surface area contributed by atoms with Gasteiger partial charge in [-0.3, -0.25) is 5.10 Å². The van der Waals surface area contributed by atoms with E-state index in [2.05, 4.69) is 24.3 Å². The van der Waals surface area contributed by atoms with Crippen molar-refractivity contribution < 1.29 is 0 Å². The summed E-state index contributed by atoms with van der Waals surface area (Å²) in [5.41, 5.74) is 1.05. The van der Waals surface area contributed by atoms with Gasteiger partial charge in [-0.05, 0) is 0 Å². The second kappa shape index (κ2) is 3.71. The van der Waals surface area contributed by atoms with E-state index >= 15 is 0 Å². The summed E-state index contributed by atoms with van der Waals surface area (Å²) < 4.78 is 7.80. The number of hydrogen-bond donors (Lipinski definition) is 2. The predicted molar refractivity (Wildman–Crippen MR) is 50.8 cm³/mol. The molecule has 5 nitrogen and oxygen atoms in total. The molecule has 0 unspecified atom stereocenters. The Kier molecular flexibility index (Phi) is 2.42. The lowest BCUT2D eigenvalue weighted by Crippen LogP contribution is -1.98. The minimum absolute atomic E-state index is 0.411. The average Bonchev–Trinajstić information content (AvgIpc) is 2.72. The largest absolute Gasteiger partial charge is 0.362 e. The molecule has 0 amide bonds. The van der Waals surface area contributed by atoms with Crippen molar-refractivity contribution in [1.82, 2.24) is 18.9 Å². The van der Waals surface area contributed by atoms with Gasteiger partial charge in [0, 0.05) is 18.3 Å². The number of H-pyrrole nitrogens is 1. The molecular weight excluding hydrogens is 210 g/mol. The van der Waals surface area contributed by atoms with Crippen LogP contribution in [0.25, 0.3) is 0 Å². The van der Waals surface area contributed by atoms with E-state index < -0.39 is 0 Å². The van der Waals surface area contributed by atoms with Gasteiger partial charge in [0.1, 0.15) is 0 Å². The number of nitrogens with zero attached hydrogens (tertiary/aromatic N) is 3. The normalized spacial score (nSPS) is 10.2. The lowest BCUT2D eigenvalue weighted by molar-refractivity contribution is 1.09. The van der Waals surface area contributed by atoms with E-state index in [9.17, 15) is 0 Å². The van der Waals surface area contributed by atoms with Crippen LogP contribution in [0.15, 0.2) is 12.4 Å². The molecule has 2 aromatic heterocycles. The third-order valence-electron chi connectivity index (χ3n) is 1.46. The summed E-state index contributed by atoms with van der Waals surface area (Å²) in [6.07, 6.45) is 3.54. The van der Waals surface area contributed by atoms with Crippen LogP contribution in [0, 0.1) is 0 Å². The fourth-order valence-electron chi connectivity index (χ4n) is 0.843. The minimum atomic E-state index is 0.411. The predicted octanol–water partition coefficient (Wildman–Crippen LogP) is 1.53. The lowest BCUT2D eigenvalue weighted by atomic mass is 10.4. The molecule has 2 heterocycles. The van der Waals surface area contributed by atoms with Crippen LogP contribution >= 0.6 is 23.3 Å². The smallest absolute Gasteiger partial charge is 0.186 e. The Labute approximate surface area is 83.5 Å². The maximum absolute atomic E-state index is 5.73. The Balaban J connectivity index is 1.97. The molecule has 68 valence electrons. The molecule has 2 N–H and O–H groups in total. The molecular formula is C6H6ClN5S. The molecule has 0 aliphatic carbocycles. The number of aromatic amines is 1. The Morgan fingerprint density at radius 1 is 1.54 bits per heavy atom. The quantitative estimate of drug-likeness (QED) is 0.815. The van der Waals surface area contributed by atoms with Crippen molar-refractivity contribution >= 4 is 29.1 Å². The molecule has 0 spiro atoms. The molecule has 0 aliphatic rings. The summed E-state index contributed by atoms with van der Waals surface area (Å²) in [6, 6.07) is 0. The number of rotatable bonds is 3. The van der Waals surface area contributed by atoms with Gasteiger partial charge in [0.05, 0.1) is 17.9 Å². The average molecular weight is 216 g/mol. The van der Waals surface area contributed by atoms with Gasteiger partial charge in [0.2, 0.25) is 0 Å². The van der Waals surface area contributed by atoms with Gasteiger partial charge < -0.3 is 5.32 Å². The van der Waals surface area contributed by atoms with Gasteiger partial charge >= 0.3 is 0 Å². The van der Waals surface area contributed by atoms with Gasteiger partial charge in [0.15, 0.2) is 11.0 Å². The molecule has 7 heteroatoms. The zero-order chi connectivity index (χ0) is 9.10. The Morgan fingerprint density at radius 3 is 3.08 bits per heavy atom. The van der Waals surface area contributed by atoms with E-state index in [1.165, 1.54) is 0 Å². The summed E-state index contributed by atoms with van der Waals surface area (Å²) >= 11 is 6.82. The molecule has 0 bridgehead atoms. The van der Waals surface area contributed by atoms with Crippen molar-refractivity contribution in [2.75, 3.05) is 5.32 Å². The second-order valence-corrected chi connectivity index (χ2v) is 3.25. The first kappa shape index (κ1) is 8.46. The van der Waals surface area contributed by atoms with E-state index in [1.807, 2.05) is 0 Å². The highest BCUT2D eigenvalue weighted by Crippen LogP contribution is 2.18. The molecule has 13 heavy (non-hydrogen) atoms. The minimum Gasteiger partial charge on any atom is -0.362 e. The molecule has 0 radical (unpaired) electrons. The van der Waals surface area contributed by atoms with Gasteiger partial charge in [-0.15, -0.1) is 0 Å². The standard InChI is InChI=1S/C6H6ClN5S/c7-5-6(12-13-11-5)8-1-4-2-9-10-3-4/h2-3H,1H2,(H,8,12)(H,9,10). The van der Waals surface area contributed by atoms with Gasteiger partial charge in [-0.1, -0.05) is 11.6 Å². The van der Waals surface area contributed by atoms with E-state index in [0.29, 0.717) is 17.5 Å². The van der Waals surface area contributed by atoms with Crippen LogP contribution in [0.5, 0.6) is 0 Å². The zero-order valence-electron chi connectivity index (χ0n) is 6.49. The highest BCUT2D eigenvalue weighted by atomic mass is 35.5. The van der Waals surface area contributed by atoms with Crippen LogP contribution in [-0.2, 0) is 6.54 Å². The highest BCUT2D eigenvalue weighted by molar-refractivity contribution is 6.99. The van der Waals surface area contributed by atoms with Crippen LogP contribution < -0.4 is 5.32 Å². The first-order valence-electron chi connectivity index (χ1n) is 3.56. The summed E-state index contributed by atoms with van der Waals surface area (Å²) in [5, 5.41) is 9.98. The molecule has 0 saturated heterocycles. The molecule has 2 rings (SSSR count). The molecule has 0 saturated carbocycles. The van der Waals surface area contributed by atoms with Gasteiger partial charge in [-0.2, -0.15) is 13.8 Å². The third kappa shape index (κ3) is 1.96. The lowest BCUT2D eigenvalue weighted by Gasteiger charge is -1.98. The summed E-state index contributed by atoms with van der Waals surface area (Å²) in [5.74, 6) is 0.618. The van der Waals surface area contributed by atoms with Crippen molar-refractivity contribution in [2.45, 2.75) is 6.54 Å². The van der Waals surface area contributed by atoms with Crippen LogP contribution in [0.2, 0.25) is 5.15 Å². The SMILES string of the molecule is Clc1nsnc1NCc1cn[nH]c1. The molecule has 0 aliphatic heterocycles. The van der Waals surface area contributed by atoms with E-state index in [1.54, 1.807) is 12.4 Å². The topological polar surface area (TPSA) is 66.5 Å². The van der Waals surface area contributed by atoms with Gasteiger partial charge in [0.25, 0.3) is 0 Å². The van der Waals surface area contributed by atoms with Crippen molar-refractivity contribution in [1.29, 1.82) is 0 Å². The van der Waals surface area contributed by atoms with Crippen molar-refractivity contribution in [2.24, 2.45) is 0 Å². The first-order valence-corrected chi connectivity index (χ1v) is 4.66. The maximum Gasteiger partial charge on any atom is 0.186 e. The van der Waals surface area contributed by atoms with E-state index in [0.717, 1.165) is 17.3 Å². The number of anilines is 1. The van der Waals surface area contributed by atoms with Crippen molar-refractivity contribution in [3.8, 4) is 0 Å². The fraction of sp³-hybridized carbons (Fsp3) is 0.167. The van der Waals surface area contributed by atoms with Gasteiger partial charge in [-0.25, -0.2) is 0 Å². The number of aromatic nitrogens is 4. The molecule has 0 aromatic carbocycles. The fourth-order valence-corrected chi connectivity index (χ4v) is 1.53. The summed E-state index contributed by atoms with van der Waals surface area (Å²) in [7, 11) is 0. The zero-order valence-corrected chi connectivity index (χ0v) is 8.06. The molecule has 0 fully saturated rings. The number of hydrogen-bond acceptors (Lipinski definition) is 5. The van der Waals surface area contributed by atoms with Crippen molar-refractivity contribution in [3.05, 3.63) is 23.1 Å². The monoisotopic (exact) mass is 215 g/mol. The maximum atomic E-state index is 5.73. The van der Waals surface area contributed by atoms with Crippen LogP contribution in [-0.4, -0.2) is 18.9 Å². The Hall–Kier alpha value is -1.14. The third-order valence-corrected chi connectivity index (χ3v) is 2.36.